The van der Waals surface area contributed by atoms with Gasteiger partial charge in [-0.15, -0.1) is 0 Å². The zero-order valence-corrected chi connectivity index (χ0v) is 15.9. The molecule has 0 amide bonds. The first-order valence-corrected chi connectivity index (χ1v) is 9.79. The van der Waals surface area contributed by atoms with Crippen molar-refractivity contribution >= 4 is 38.7 Å². The van der Waals surface area contributed by atoms with Crippen molar-refractivity contribution in [1.82, 2.24) is 14.9 Å². The molecule has 1 aromatic heterocycles. The van der Waals surface area contributed by atoms with Crippen LogP contribution in [0.15, 0.2) is 15.7 Å². The summed E-state index contributed by atoms with van der Waals surface area (Å²) in [7, 11) is -4.67. The first-order chi connectivity index (χ1) is 13.0. The highest BCUT2D eigenvalue weighted by Gasteiger charge is 2.23. The minimum absolute atomic E-state index is 0.00391. The van der Waals surface area contributed by atoms with Crippen LogP contribution in [-0.2, 0) is 16.9 Å². The van der Waals surface area contributed by atoms with Crippen LogP contribution in [0.3, 0.4) is 0 Å². The molecule has 0 radical (unpaired) electrons. The van der Waals surface area contributed by atoms with Gasteiger partial charge in [0.1, 0.15) is 5.02 Å². The lowest BCUT2D eigenvalue weighted by Gasteiger charge is -2.27. The Morgan fingerprint density at radius 3 is 2.21 bits per heavy atom. The molecular weight excluding hydrogens is 420 g/mol. The molecule has 14 heteroatoms. The summed E-state index contributed by atoms with van der Waals surface area (Å²) < 4.78 is 31.6. The Balaban J connectivity index is 0.000000500. The van der Waals surface area contributed by atoms with Gasteiger partial charge in [0.25, 0.3) is 5.69 Å². The largest absolute Gasteiger partial charge is 0.394 e. The minimum atomic E-state index is -4.67. The lowest BCUT2D eigenvalue weighted by atomic mass is 10.1. The van der Waals surface area contributed by atoms with Gasteiger partial charge in [0.2, 0.25) is 0 Å². The number of halogens is 1. The van der Waals surface area contributed by atoms with E-state index in [1.54, 1.807) is 0 Å². The Hall–Kier alpha value is -2.32. The van der Waals surface area contributed by atoms with Crippen LogP contribution in [0.1, 0.15) is 24.8 Å². The zero-order chi connectivity index (χ0) is 21.1. The summed E-state index contributed by atoms with van der Waals surface area (Å²) in [5, 5.41) is 11.2. The van der Waals surface area contributed by atoms with Crippen molar-refractivity contribution in [3.8, 4) is 0 Å². The van der Waals surface area contributed by atoms with Crippen molar-refractivity contribution in [2.45, 2.75) is 25.8 Å². The molecule has 0 saturated carbocycles. The van der Waals surface area contributed by atoms with E-state index in [1.165, 1.54) is 6.07 Å². The van der Waals surface area contributed by atoms with Crippen LogP contribution < -0.4 is 11.1 Å². The first-order valence-electron chi connectivity index (χ1n) is 8.01. The van der Waals surface area contributed by atoms with Crippen molar-refractivity contribution in [2.24, 2.45) is 0 Å². The second kappa shape index (κ2) is 8.79. The molecule has 0 unspecified atom stereocenters. The Kier molecular flexibility index (Phi) is 6.90. The maximum absolute atomic E-state index is 11.6. The molecule has 12 nitrogen and oxygen atoms in total. The first kappa shape index (κ1) is 22.0. The van der Waals surface area contributed by atoms with Crippen LogP contribution in [0.25, 0.3) is 11.0 Å². The quantitative estimate of drug-likeness (QED) is 0.236. The molecule has 0 aliphatic carbocycles. The lowest BCUT2D eigenvalue weighted by Crippen LogP contribution is -2.31. The molecule has 4 N–H and O–H groups in total. The highest BCUT2D eigenvalue weighted by atomic mass is 35.5. The number of nitrogens with one attached hydrogen (secondary N) is 2. The zero-order valence-electron chi connectivity index (χ0n) is 14.3. The fraction of sp³-hybridized carbons (Fsp3) is 0.429. The minimum Gasteiger partial charge on any atom is -0.316 e. The molecule has 0 spiro atoms. The molecule has 1 aliphatic heterocycles. The van der Waals surface area contributed by atoms with Crippen molar-refractivity contribution < 1.29 is 22.4 Å². The molecule has 28 heavy (non-hydrogen) atoms. The Morgan fingerprint density at radius 2 is 1.68 bits per heavy atom. The molecule has 1 fully saturated rings. The Morgan fingerprint density at radius 1 is 1.14 bits per heavy atom. The van der Waals surface area contributed by atoms with E-state index in [1.807, 2.05) is 0 Å². The summed E-state index contributed by atoms with van der Waals surface area (Å²) >= 11 is 6.21. The smallest absolute Gasteiger partial charge is 0.316 e. The standard InChI is InChI=1S/C14H15ClN4O4.H2O4S/c15-11-8(7-18-4-2-1-3-5-18)12-9(6-10(11)19(22)23)16-13(20)14(21)17-12;1-5(2,3)4/h6H,1-5,7H2,(H,16,20)(H,17,21);(H2,1,2,3,4). The molecule has 2 aromatic rings. The third-order valence-electron chi connectivity index (χ3n) is 4.06. The van der Waals surface area contributed by atoms with Crippen LogP contribution in [0.5, 0.6) is 0 Å². The number of H-pyrrole nitrogens is 2. The molecule has 3 rings (SSSR count). The van der Waals surface area contributed by atoms with Crippen LogP contribution in [0.4, 0.5) is 5.69 Å². The Bertz CT molecular complexity index is 1100. The van der Waals surface area contributed by atoms with Gasteiger partial charge in [-0.3, -0.25) is 33.7 Å². The van der Waals surface area contributed by atoms with Crippen LogP contribution in [0.2, 0.25) is 5.02 Å². The summed E-state index contributed by atoms with van der Waals surface area (Å²) in [6.07, 6.45) is 3.26. The van der Waals surface area contributed by atoms with E-state index < -0.39 is 26.4 Å². The van der Waals surface area contributed by atoms with Gasteiger partial charge in [0.15, 0.2) is 0 Å². The van der Waals surface area contributed by atoms with Gasteiger partial charge in [-0.25, -0.2) is 0 Å². The number of nitro benzene ring substituents is 1. The van der Waals surface area contributed by atoms with E-state index in [4.69, 9.17) is 29.1 Å². The molecule has 0 atom stereocenters. The number of fused-ring (bicyclic) bond motifs is 1. The summed E-state index contributed by atoms with van der Waals surface area (Å²) in [4.78, 5) is 40.7. The SMILES string of the molecule is O=S(=O)(O)O.O=c1[nH]c2cc([N+](=O)[O-])c(Cl)c(CN3CCCCC3)c2[nH]c1=O. The van der Waals surface area contributed by atoms with E-state index in [2.05, 4.69) is 14.9 Å². The lowest BCUT2D eigenvalue weighted by molar-refractivity contribution is -0.384. The topological polar surface area (TPSA) is 187 Å². The van der Waals surface area contributed by atoms with E-state index in [-0.39, 0.29) is 16.2 Å². The number of hydrogen-bond acceptors (Lipinski definition) is 7. The van der Waals surface area contributed by atoms with Gasteiger partial charge in [-0.05, 0) is 25.9 Å². The van der Waals surface area contributed by atoms with Crippen molar-refractivity contribution in [3.05, 3.63) is 47.5 Å². The van der Waals surface area contributed by atoms with Gasteiger partial charge in [-0.2, -0.15) is 8.42 Å². The van der Waals surface area contributed by atoms with Crippen LogP contribution in [0, 0.1) is 10.1 Å². The molecule has 1 aliphatic rings. The average molecular weight is 437 g/mol. The predicted molar refractivity (Wildman–Crippen MR) is 100 cm³/mol. The number of aromatic nitrogens is 2. The van der Waals surface area contributed by atoms with Gasteiger partial charge in [0, 0.05) is 18.2 Å². The number of nitrogens with zero attached hydrogens (tertiary/aromatic N) is 2. The number of likely N-dealkylation sites (tertiary alicyclic amines) is 1. The molecule has 1 aromatic carbocycles. The van der Waals surface area contributed by atoms with Gasteiger partial charge >= 0.3 is 21.5 Å². The number of nitro groups is 1. The van der Waals surface area contributed by atoms with E-state index in [0.717, 1.165) is 32.4 Å². The van der Waals surface area contributed by atoms with Crippen molar-refractivity contribution in [1.29, 1.82) is 0 Å². The predicted octanol–water partition coefficient (Wildman–Crippen LogP) is 1.11. The number of benzene rings is 1. The number of hydrogen-bond donors (Lipinski definition) is 4. The highest BCUT2D eigenvalue weighted by Crippen LogP contribution is 2.34. The fourth-order valence-corrected chi connectivity index (χ4v) is 3.19. The van der Waals surface area contributed by atoms with Crippen LogP contribution >= 0.6 is 11.6 Å². The fourth-order valence-electron chi connectivity index (χ4n) is 2.91. The summed E-state index contributed by atoms with van der Waals surface area (Å²) in [5.74, 6) is 0. The second-order valence-electron chi connectivity index (χ2n) is 6.06. The average Bonchev–Trinajstić information content (AvgIpc) is 2.58. The van der Waals surface area contributed by atoms with Crippen molar-refractivity contribution in [2.75, 3.05) is 13.1 Å². The second-order valence-corrected chi connectivity index (χ2v) is 7.33. The van der Waals surface area contributed by atoms with Gasteiger partial charge in [-0.1, -0.05) is 18.0 Å². The van der Waals surface area contributed by atoms with Gasteiger partial charge in [0.05, 0.1) is 16.0 Å². The van der Waals surface area contributed by atoms with Gasteiger partial charge < -0.3 is 9.97 Å². The van der Waals surface area contributed by atoms with E-state index in [0.29, 0.717) is 17.6 Å². The molecule has 0 bridgehead atoms. The normalized spacial score (nSPS) is 15.1. The number of piperidine rings is 1. The monoisotopic (exact) mass is 436 g/mol. The van der Waals surface area contributed by atoms with Crippen LogP contribution in [-0.4, -0.2) is 50.4 Å². The number of aromatic amines is 2. The summed E-state index contributed by atoms with van der Waals surface area (Å²) in [5.41, 5.74) is -0.922. The molecular formula is C14H17ClN4O8S. The molecule has 2 heterocycles. The number of rotatable bonds is 3. The maximum atomic E-state index is 11.6. The highest BCUT2D eigenvalue weighted by molar-refractivity contribution is 7.79. The summed E-state index contributed by atoms with van der Waals surface area (Å²) in [6.45, 7) is 2.13. The third-order valence-corrected chi connectivity index (χ3v) is 4.48. The summed E-state index contributed by atoms with van der Waals surface area (Å²) in [6, 6.07) is 1.18. The molecule has 1 saturated heterocycles. The van der Waals surface area contributed by atoms with E-state index in [9.17, 15) is 19.7 Å². The van der Waals surface area contributed by atoms with E-state index >= 15 is 0 Å². The third kappa shape index (κ3) is 5.84. The maximum Gasteiger partial charge on any atom is 0.394 e. The Labute approximate surface area is 162 Å². The van der Waals surface area contributed by atoms with Crippen molar-refractivity contribution in [3.63, 3.8) is 0 Å². The molecule has 154 valence electrons.